The van der Waals surface area contributed by atoms with E-state index in [4.69, 9.17) is 17.1 Å². The molecule has 0 radical (unpaired) electrons. The average molecular weight is 404 g/mol. The number of rotatable bonds is 7. The Morgan fingerprint density at radius 2 is 2.04 bits per heavy atom. The van der Waals surface area contributed by atoms with Crippen LogP contribution in [-0.4, -0.2) is 24.9 Å². The third-order valence-electron chi connectivity index (χ3n) is 4.35. The van der Waals surface area contributed by atoms with Gasteiger partial charge in [-0.05, 0) is 40.8 Å². The quantitative estimate of drug-likeness (QED) is 0.265. The first kappa shape index (κ1) is 19.2. The van der Waals surface area contributed by atoms with Gasteiger partial charge in [-0.15, -0.1) is 0 Å². The van der Waals surface area contributed by atoms with Crippen LogP contribution in [0.1, 0.15) is 34.7 Å². The number of azide groups is 1. The second-order valence-electron chi connectivity index (χ2n) is 6.06. The molecule has 0 bridgehead atoms. The minimum absolute atomic E-state index is 0.358. The van der Waals surface area contributed by atoms with E-state index in [1.165, 1.54) is 0 Å². The Bertz CT molecular complexity index is 1080. The number of imidazole rings is 1. The highest BCUT2D eigenvalue weighted by Gasteiger charge is 2.21. The Labute approximate surface area is 163 Å². The number of nitrogens with zero attached hydrogens (tertiary/aromatic N) is 4. The zero-order chi connectivity index (χ0) is 19.4. The molecule has 9 heteroatoms. The van der Waals surface area contributed by atoms with E-state index in [0.29, 0.717) is 34.6 Å². The van der Waals surface area contributed by atoms with E-state index >= 15 is 0 Å². The topological polar surface area (TPSA) is 112 Å². The number of H-pyrrole nitrogens is 1. The molecule has 0 spiro atoms. The fourth-order valence-corrected chi connectivity index (χ4v) is 4.19. The summed E-state index contributed by atoms with van der Waals surface area (Å²) in [5.41, 5.74) is 11.9. The van der Waals surface area contributed by atoms with Gasteiger partial charge in [0.05, 0.1) is 11.0 Å². The van der Waals surface area contributed by atoms with Crippen molar-refractivity contribution in [1.82, 2.24) is 9.97 Å². The second kappa shape index (κ2) is 8.43. The maximum atomic E-state index is 12.0. The van der Waals surface area contributed by atoms with Gasteiger partial charge < -0.3 is 4.98 Å². The van der Waals surface area contributed by atoms with E-state index in [9.17, 15) is 8.42 Å². The molecule has 0 aliphatic rings. The first-order valence-corrected chi connectivity index (χ1v) is 10.1. The summed E-state index contributed by atoms with van der Waals surface area (Å²) < 4.78 is 24.1. The molecule has 140 valence electrons. The molecule has 1 aromatic heterocycles. The summed E-state index contributed by atoms with van der Waals surface area (Å²) in [6, 6.07) is 10.7. The lowest BCUT2D eigenvalue weighted by atomic mass is 10.0. The molecule has 1 unspecified atom stereocenters. The first-order valence-electron chi connectivity index (χ1n) is 8.44. The standard InChI is InChI=1S/C18H18ClN5O2S/c1-2-17-22-15-9-13(14(19)10-16(15)23-17)18(27(25)26)12-5-3-11(4-6-12)7-8-21-24-20/h3-6,9-10,18,27H,2,7-8H2,1H3,(H,22,23). The summed E-state index contributed by atoms with van der Waals surface area (Å²) in [6.07, 6.45) is 1.34. The number of aryl methyl sites for hydroxylation is 1. The van der Waals surface area contributed by atoms with Crippen molar-refractivity contribution in [2.75, 3.05) is 6.54 Å². The molecule has 27 heavy (non-hydrogen) atoms. The normalized spacial score (nSPS) is 12.3. The molecule has 0 saturated heterocycles. The molecule has 7 nitrogen and oxygen atoms in total. The van der Waals surface area contributed by atoms with Crippen LogP contribution in [0.25, 0.3) is 21.5 Å². The first-order chi connectivity index (χ1) is 13.0. The lowest BCUT2D eigenvalue weighted by Gasteiger charge is -2.14. The molecule has 3 aromatic rings. The zero-order valence-electron chi connectivity index (χ0n) is 14.6. The third-order valence-corrected chi connectivity index (χ3v) is 5.67. The lowest BCUT2D eigenvalue weighted by molar-refractivity contribution is 0.608. The molecule has 3 rings (SSSR count). The van der Waals surface area contributed by atoms with Crippen LogP contribution in [0.2, 0.25) is 5.02 Å². The Morgan fingerprint density at radius 3 is 2.67 bits per heavy atom. The van der Waals surface area contributed by atoms with Crippen LogP contribution >= 0.6 is 11.6 Å². The molecule has 0 saturated carbocycles. The van der Waals surface area contributed by atoms with Crippen molar-refractivity contribution >= 4 is 33.3 Å². The van der Waals surface area contributed by atoms with Crippen LogP contribution in [0.15, 0.2) is 41.5 Å². The van der Waals surface area contributed by atoms with Gasteiger partial charge in [-0.3, -0.25) is 0 Å². The van der Waals surface area contributed by atoms with Crippen molar-refractivity contribution in [3.63, 3.8) is 0 Å². The molecule has 1 heterocycles. The fraction of sp³-hybridized carbons (Fsp3) is 0.278. The summed E-state index contributed by atoms with van der Waals surface area (Å²) in [6.45, 7) is 2.34. The molecule has 1 N–H and O–H groups in total. The number of benzene rings is 2. The van der Waals surface area contributed by atoms with Gasteiger partial charge in [0.2, 0.25) is 0 Å². The number of halogens is 1. The summed E-state index contributed by atoms with van der Waals surface area (Å²) >= 11 is 6.40. The molecular formula is C18H18ClN5O2S. The Kier molecular flexibility index (Phi) is 6.01. The monoisotopic (exact) mass is 403 g/mol. The van der Waals surface area contributed by atoms with Crippen LogP contribution in [0.5, 0.6) is 0 Å². The van der Waals surface area contributed by atoms with Gasteiger partial charge >= 0.3 is 0 Å². The SMILES string of the molecule is CCc1nc2cc(C(c3ccc(CCN=[N+]=[N-])cc3)[SH](=O)=O)c(Cl)cc2[nH]1. The summed E-state index contributed by atoms with van der Waals surface area (Å²) in [4.78, 5) is 10.4. The zero-order valence-corrected chi connectivity index (χ0v) is 16.2. The highest BCUT2D eigenvalue weighted by atomic mass is 35.5. The fourth-order valence-electron chi connectivity index (χ4n) is 2.98. The van der Waals surface area contributed by atoms with Crippen LogP contribution in [-0.2, 0) is 23.5 Å². The van der Waals surface area contributed by atoms with Gasteiger partial charge in [-0.25, -0.2) is 13.4 Å². The predicted octanol–water partition coefficient (Wildman–Crippen LogP) is 4.33. The minimum Gasteiger partial charge on any atom is -0.342 e. The van der Waals surface area contributed by atoms with E-state index in [1.54, 1.807) is 24.3 Å². The van der Waals surface area contributed by atoms with Gasteiger partial charge in [0.1, 0.15) is 11.1 Å². The molecule has 0 fully saturated rings. The Balaban J connectivity index is 1.99. The van der Waals surface area contributed by atoms with Crippen LogP contribution in [0.3, 0.4) is 0 Å². The Morgan fingerprint density at radius 1 is 1.30 bits per heavy atom. The van der Waals surface area contributed by atoms with Crippen LogP contribution < -0.4 is 0 Å². The van der Waals surface area contributed by atoms with Crippen molar-refractivity contribution in [3.05, 3.63) is 74.4 Å². The van der Waals surface area contributed by atoms with Crippen LogP contribution in [0.4, 0.5) is 0 Å². The molecule has 0 amide bonds. The maximum Gasteiger partial charge on any atom is 0.151 e. The molecule has 0 aliphatic carbocycles. The number of thiol groups is 1. The Hall–Kier alpha value is -2.54. The van der Waals surface area contributed by atoms with Gasteiger partial charge in [0.15, 0.2) is 10.7 Å². The molecule has 1 atom stereocenters. The second-order valence-corrected chi connectivity index (χ2v) is 7.56. The summed E-state index contributed by atoms with van der Waals surface area (Å²) in [5.74, 6) is 0.825. The maximum absolute atomic E-state index is 12.0. The molecule has 0 aliphatic heterocycles. The van der Waals surface area contributed by atoms with E-state index in [-0.39, 0.29) is 0 Å². The number of aromatic nitrogens is 2. The number of hydrogen-bond donors (Lipinski definition) is 2. The summed E-state index contributed by atoms with van der Waals surface area (Å²) in [7, 11) is -2.80. The lowest BCUT2D eigenvalue weighted by Crippen LogP contribution is -2.04. The van der Waals surface area contributed by atoms with Crippen LogP contribution in [0, 0.1) is 0 Å². The van der Waals surface area contributed by atoms with Crippen molar-refractivity contribution in [2.24, 2.45) is 5.11 Å². The molecule has 2 aromatic carbocycles. The van der Waals surface area contributed by atoms with Gasteiger partial charge in [-0.2, -0.15) is 0 Å². The average Bonchev–Trinajstić information content (AvgIpc) is 3.05. The van der Waals surface area contributed by atoms with E-state index in [0.717, 1.165) is 23.3 Å². The van der Waals surface area contributed by atoms with Gasteiger partial charge in [0, 0.05) is 22.9 Å². The van der Waals surface area contributed by atoms with Crippen molar-refractivity contribution < 1.29 is 8.42 Å². The summed E-state index contributed by atoms with van der Waals surface area (Å²) in [5, 5.41) is 3.03. The highest BCUT2D eigenvalue weighted by molar-refractivity contribution is 7.73. The van der Waals surface area contributed by atoms with E-state index in [1.807, 2.05) is 19.1 Å². The number of fused-ring (bicyclic) bond motifs is 1. The predicted molar refractivity (Wildman–Crippen MR) is 107 cm³/mol. The largest absolute Gasteiger partial charge is 0.342 e. The number of aromatic amines is 1. The third kappa shape index (κ3) is 4.24. The van der Waals surface area contributed by atoms with E-state index < -0.39 is 16.0 Å². The molecular weight excluding hydrogens is 386 g/mol. The number of nitrogens with one attached hydrogen (secondary N) is 1. The van der Waals surface area contributed by atoms with Crippen molar-refractivity contribution in [1.29, 1.82) is 0 Å². The smallest absolute Gasteiger partial charge is 0.151 e. The highest BCUT2D eigenvalue weighted by Crippen LogP contribution is 2.34. The van der Waals surface area contributed by atoms with Gasteiger partial charge in [0.25, 0.3) is 0 Å². The minimum atomic E-state index is -2.80. The van der Waals surface area contributed by atoms with E-state index in [2.05, 4.69) is 20.0 Å². The van der Waals surface area contributed by atoms with Gasteiger partial charge in [-0.1, -0.05) is 47.9 Å². The van der Waals surface area contributed by atoms with Crippen molar-refractivity contribution in [3.8, 4) is 0 Å². The number of hydrogen-bond acceptors (Lipinski definition) is 4. The van der Waals surface area contributed by atoms with Crippen molar-refractivity contribution in [2.45, 2.75) is 25.0 Å².